The average Bonchev–Trinajstić information content (AvgIpc) is 2.94. The second-order valence-electron chi connectivity index (χ2n) is 5.43. The lowest BCUT2D eigenvalue weighted by Gasteiger charge is -2.17. The minimum Gasteiger partial charge on any atom is -0.345 e. The third-order valence-electron chi connectivity index (χ3n) is 3.92. The molecular formula is C18H19N3O. The molecule has 4 heteroatoms. The van der Waals surface area contributed by atoms with Gasteiger partial charge in [0.2, 0.25) is 0 Å². The number of hydrogen-bond donors (Lipinski definition) is 2. The maximum atomic E-state index is 12.5. The van der Waals surface area contributed by atoms with Gasteiger partial charge in [0.05, 0.1) is 11.6 Å². The first-order chi connectivity index (χ1) is 10.7. The molecule has 4 nitrogen and oxygen atoms in total. The number of rotatable bonds is 4. The van der Waals surface area contributed by atoms with Crippen molar-refractivity contribution in [2.75, 3.05) is 0 Å². The van der Waals surface area contributed by atoms with Crippen molar-refractivity contribution in [2.45, 2.75) is 26.3 Å². The fraction of sp³-hybridized carbons (Fsp3) is 0.222. The number of fused-ring (bicyclic) bond motifs is 1. The molecular weight excluding hydrogens is 274 g/mol. The van der Waals surface area contributed by atoms with Crippen LogP contribution in [0.4, 0.5) is 0 Å². The van der Waals surface area contributed by atoms with Crippen molar-refractivity contribution >= 4 is 16.8 Å². The lowest BCUT2D eigenvalue weighted by atomic mass is 10.0. The number of H-pyrrole nitrogens is 1. The minimum atomic E-state index is -0.0572. The van der Waals surface area contributed by atoms with E-state index in [0.29, 0.717) is 5.56 Å². The summed E-state index contributed by atoms with van der Waals surface area (Å²) in [5, 5.41) is 11.2. The Bertz CT molecular complexity index is 792. The Hall–Kier alpha value is -2.62. The Labute approximate surface area is 129 Å². The summed E-state index contributed by atoms with van der Waals surface area (Å²) in [6.07, 6.45) is 0.850. The van der Waals surface area contributed by atoms with Crippen molar-refractivity contribution in [3.8, 4) is 0 Å². The predicted octanol–water partition coefficient (Wildman–Crippen LogP) is 3.75. The Kier molecular flexibility index (Phi) is 3.92. The molecule has 1 unspecified atom stereocenters. The molecule has 1 aromatic heterocycles. The summed E-state index contributed by atoms with van der Waals surface area (Å²) in [5.41, 5.74) is 3.63. The summed E-state index contributed by atoms with van der Waals surface area (Å²) in [6.45, 7) is 4.03. The van der Waals surface area contributed by atoms with Gasteiger partial charge in [-0.15, -0.1) is 0 Å². The molecule has 3 rings (SSSR count). The number of hydrogen-bond acceptors (Lipinski definition) is 2. The molecule has 0 aliphatic heterocycles. The SMILES string of the molecule is CCC(NC(=O)c1ccc2n[nH]c(C)c2c1)c1ccccc1. The molecule has 0 bridgehead atoms. The maximum absolute atomic E-state index is 12.5. The fourth-order valence-electron chi connectivity index (χ4n) is 2.63. The van der Waals surface area contributed by atoms with Crippen LogP contribution in [0.15, 0.2) is 48.5 Å². The second-order valence-corrected chi connectivity index (χ2v) is 5.43. The Morgan fingerprint density at radius 1 is 1.23 bits per heavy atom. The topological polar surface area (TPSA) is 57.8 Å². The average molecular weight is 293 g/mol. The molecule has 1 atom stereocenters. The van der Waals surface area contributed by atoms with Crippen molar-refractivity contribution in [3.05, 3.63) is 65.4 Å². The van der Waals surface area contributed by atoms with Crippen LogP contribution in [-0.2, 0) is 0 Å². The molecule has 1 amide bonds. The van der Waals surface area contributed by atoms with E-state index in [1.165, 1.54) is 0 Å². The highest BCUT2D eigenvalue weighted by molar-refractivity contribution is 5.98. The van der Waals surface area contributed by atoms with Crippen molar-refractivity contribution < 1.29 is 4.79 Å². The number of aromatic amines is 1. The number of nitrogens with zero attached hydrogens (tertiary/aromatic N) is 1. The van der Waals surface area contributed by atoms with Gasteiger partial charge in [-0.25, -0.2) is 0 Å². The molecule has 2 N–H and O–H groups in total. The summed E-state index contributed by atoms with van der Waals surface area (Å²) < 4.78 is 0. The third-order valence-corrected chi connectivity index (χ3v) is 3.92. The van der Waals surface area contributed by atoms with E-state index in [1.807, 2.05) is 55.5 Å². The van der Waals surface area contributed by atoms with Crippen molar-refractivity contribution in [1.82, 2.24) is 15.5 Å². The standard InChI is InChI=1S/C18H19N3O/c1-3-16(13-7-5-4-6-8-13)19-18(22)14-9-10-17-15(11-14)12(2)20-21-17/h4-11,16H,3H2,1-2H3,(H,19,22)(H,20,21). The number of benzene rings is 2. The highest BCUT2D eigenvalue weighted by Gasteiger charge is 2.14. The van der Waals surface area contributed by atoms with Gasteiger partial charge in [-0.3, -0.25) is 9.89 Å². The molecule has 0 aliphatic carbocycles. The van der Waals surface area contributed by atoms with Gasteiger partial charge in [0.1, 0.15) is 0 Å². The monoisotopic (exact) mass is 293 g/mol. The smallest absolute Gasteiger partial charge is 0.251 e. The quantitative estimate of drug-likeness (QED) is 0.769. The Morgan fingerprint density at radius 3 is 2.73 bits per heavy atom. The zero-order chi connectivity index (χ0) is 15.5. The Morgan fingerprint density at radius 2 is 2.00 bits per heavy atom. The molecule has 22 heavy (non-hydrogen) atoms. The zero-order valence-corrected chi connectivity index (χ0v) is 12.8. The molecule has 112 valence electrons. The van der Waals surface area contributed by atoms with Crippen molar-refractivity contribution in [3.63, 3.8) is 0 Å². The molecule has 0 fully saturated rings. The van der Waals surface area contributed by atoms with Gasteiger partial charge in [-0.2, -0.15) is 5.10 Å². The first-order valence-corrected chi connectivity index (χ1v) is 7.49. The van der Waals surface area contributed by atoms with Crippen LogP contribution >= 0.6 is 0 Å². The van der Waals surface area contributed by atoms with E-state index in [-0.39, 0.29) is 11.9 Å². The van der Waals surface area contributed by atoms with Gasteiger partial charge < -0.3 is 5.32 Å². The van der Waals surface area contributed by atoms with Gasteiger partial charge in [0.15, 0.2) is 0 Å². The van der Waals surface area contributed by atoms with Gasteiger partial charge in [0, 0.05) is 16.6 Å². The highest BCUT2D eigenvalue weighted by atomic mass is 16.1. The van der Waals surface area contributed by atoms with Gasteiger partial charge in [-0.05, 0) is 37.1 Å². The largest absolute Gasteiger partial charge is 0.345 e. The maximum Gasteiger partial charge on any atom is 0.251 e. The van der Waals surface area contributed by atoms with Crippen molar-refractivity contribution in [2.24, 2.45) is 0 Å². The van der Waals surface area contributed by atoms with Crippen LogP contribution in [0.3, 0.4) is 0 Å². The zero-order valence-electron chi connectivity index (χ0n) is 12.8. The molecule has 0 aliphatic rings. The first-order valence-electron chi connectivity index (χ1n) is 7.49. The van der Waals surface area contributed by atoms with Gasteiger partial charge in [-0.1, -0.05) is 37.3 Å². The predicted molar refractivity (Wildman–Crippen MR) is 87.8 cm³/mol. The van der Waals surface area contributed by atoms with E-state index >= 15 is 0 Å². The first kappa shape index (κ1) is 14.3. The number of aromatic nitrogens is 2. The lowest BCUT2D eigenvalue weighted by Crippen LogP contribution is -2.28. The van der Waals surface area contributed by atoms with E-state index in [9.17, 15) is 4.79 Å². The summed E-state index contributed by atoms with van der Waals surface area (Å²) in [7, 11) is 0. The van der Waals surface area contributed by atoms with E-state index in [4.69, 9.17) is 0 Å². The van der Waals surface area contributed by atoms with E-state index in [0.717, 1.165) is 28.6 Å². The van der Waals surface area contributed by atoms with Crippen LogP contribution in [0.5, 0.6) is 0 Å². The van der Waals surface area contributed by atoms with Crippen LogP contribution in [0.2, 0.25) is 0 Å². The number of carbonyl (C=O) groups excluding carboxylic acids is 1. The van der Waals surface area contributed by atoms with Crippen molar-refractivity contribution in [1.29, 1.82) is 0 Å². The fourth-order valence-corrected chi connectivity index (χ4v) is 2.63. The van der Waals surface area contributed by atoms with Crippen LogP contribution in [0, 0.1) is 6.92 Å². The normalized spacial score (nSPS) is 12.3. The molecule has 0 radical (unpaired) electrons. The number of amides is 1. The number of carbonyl (C=O) groups is 1. The highest BCUT2D eigenvalue weighted by Crippen LogP contribution is 2.19. The molecule has 0 spiro atoms. The third kappa shape index (κ3) is 2.72. The second kappa shape index (κ2) is 6.02. The summed E-state index contributed by atoms with van der Waals surface area (Å²) in [6, 6.07) is 15.6. The summed E-state index contributed by atoms with van der Waals surface area (Å²) in [5.74, 6) is -0.0572. The van der Waals surface area contributed by atoms with Gasteiger partial charge >= 0.3 is 0 Å². The summed E-state index contributed by atoms with van der Waals surface area (Å²) in [4.78, 5) is 12.5. The molecule has 2 aromatic carbocycles. The number of aryl methyl sites for hydroxylation is 1. The lowest BCUT2D eigenvalue weighted by molar-refractivity contribution is 0.0935. The van der Waals surface area contributed by atoms with E-state index in [1.54, 1.807) is 0 Å². The number of nitrogens with one attached hydrogen (secondary N) is 2. The molecule has 0 saturated carbocycles. The van der Waals surface area contributed by atoms with E-state index in [2.05, 4.69) is 22.4 Å². The Balaban J connectivity index is 1.84. The van der Waals surface area contributed by atoms with Crippen LogP contribution in [0.1, 0.15) is 41.0 Å². The van der Waals surface area contributed by atoms with Crippen LogP contribution in [0.25, 0.3) is 10.9 Å². The molecule has 1 heterocycles. The van der Waals surface area contributed by atoms with Crippen LogP contribution in [-0.4, -0.2) is 16.1 Å². The van der Waals surface area contributed by atoms with Gasteiger partial charge in [0.25, 0.3) is 5.91 Å². The molecule has 0 saturated heterocycles. The van der Waals surface area contributed by atoms with E-state index < -0.39 is 0 Å². The summed E-state index contributed by atoms with van der Waals surface area (Å²) >= 11 is 0. The minimum absolute atomic E-state index is 0.0230. The molecule has 3 aromatic rings. The van der Waals surface area contributed by atoms with Crippen LogP contribution < -0.4 is 5.32 Å².